The first-order valence-electron chi connectivity index (χ1n) is 6.77. The molecule has 0 atom stereocenters. The van der Waals surface area contributed by atoms with Gasteiger partial charge in [-0.15, -0.1) is 24.0 Å². The number of rotatable bonds is 6. The van der Waals surface area contributed by atoms with Crippen LogP contribution in [0.2, 0.25) is 0 Å². The Hall–Kier alpha value is -0.710. The van der Waals surface area contributed by atoms with Crippen LogP contribution in [0.15, 0.2) is 27.7 Å². The molecule has 0 heterocycles. The van der Waals surface area contributed by atoms with Crippen LogP contribution in [0.5, 0.6) is 5.75 Å². The van der Waals surface area contributed by atoms with Crippen molar-refractivity contribution in [2.75, 3.05) is 20.2 Å². The summed E-state index contributed by atoms with van der Waals surface area (Å²) in [5, 5.41) is 5.58. The molecule has 0 saturated heterocycles. The fourth-order valence-corrected chi connectivity index (χ4v) is 2.23. The van der Waals surface area contributed by atoms with Crippen LogP contribution < -0.4 is 15.4 Å². The van der Waals surface area contributed by atoms with E-state index in [9.17, 15) is 13.2 Å². The second-order valence-corrected chi connectivity index (χ2v) is 5.31. The summed E-state index contributed by atoms with van der Waals surface area (Å²) in [5.41, 5.74) is 0.917. The molecule has 0 aliphatic carbocycles. The summed E-state index contributed by atoms with van der Waals surface area (Å²) in [5.74, 6) is 1.07. The Morgan fingerprint density at radius 2 is 2.00 bits per heavy atom. The molecule has 0 amide bonds. The molecule has 1 rings (SSSR count). The summed E-state index contributed by atoms with van der Waals surface area (Å²) < 4.78 is 42.4. The summed E-state index contributed by atoms with van der Waals surface area (Å²) in [6.45, 7) is 2.57. The lowest BCUT2D eigenvalue weighted by Gasteiger charge is -2.12. The van der Waals surface area contributed by atoms with Crippen molar-refractivity contribution in [3.63, 3.8) is 0 Å². The summed E-state index contributed by atoms with van der Waals surface area (Å²) >= 11 is 3.38. The third-order valence-electron chi connectivity index (χ3n) is 2.68. The van der Waals surface area contributed by atoms with Crippen LogP contribution in [0, 0.1) is 0 Å². The fourth-order valence-electron chi connectivity index (χ4n) is 1.64. The Morgan fingerprint density at radius 1 is 1.30 bits per heavy atom. The molecule has 23 heavy (non-hydrogen) atoms. The molecule has 1 aromatic rings. The predicted octanol–water partition coefficient (Wildman–Crippen LogP) is 4.08. The van der Waals surface area contributed by atoms with E-state index in [-0.39, 0.29) is 30.5 Å². The number of ether oxygens (including phenoxy) is 1. The van der Waals surface area contributed by atoms with Gasteiger partial charge in [0.15, 0.2) is 5.96 Å². The molecule has 2 N–H and O–H groups in total. The summed E-state index contributed by atoms with van der Waals surface area (Å²) in [4.78, 5) is 4.27. The van der Waals surface area contributed by atoms with Crippen LogP contribution in [-0.4, -0.2) is 32.3 Å². The van der Waals surface area contributed by atoms with Crippen LogP contribution in [-0.2, 0) is 6.54 Å². The third-order valence-corrected chi connectivity index (χ3v) is 3.30. The number of benzene rings is 1. The van der Waals surface area contributed by atoms with E-state index in [0.717, 1.165) is 10.0 Å². The highest BCUT2D eigenvalue weighted by Crippen LogP contribution is 2.25. The smallest absolute Gasteiger partial charge is 0.390 e. The Bertz CT molecular complexity index is 513. The Morgan fingerprint density at radius 3 is 2.52 bits per heavy atom. The monoisotopic (exact) mass is 509 g/mol. The Labute approximate surface area is 159 Å². The van der Waals surface area contributed by atoms with Crippen molar-refractivity contribution < 1.29 is 17.9 Å². The van der Waals surface area contributed by atoms with Crippen LogP contribution in [0.4, 0.5) is 13.2 Å². The van der Waals surface area contributed by atoms with E-state index in [4.69, 9.17) is 4.74 Å². The second-order valence-electron chi connectivity index (χ2n) is 4.46. The highest BCUT2D eigenvalue weighted by atomic mass is 127. The van der Waals surface area contributed by atoms with Gasteiger partial charge in [-0.3, -0.25) is 0 Å². The van der Waals surface area contributed by atoms with E-state index < -0.39 is 12.6 Å². The van der Waals surface area contributed by atoms with Crippen LogP contribution in [0.3, 0.4) is 0 Å². The highest BCUT2D eigenvalue weighted by Gasteiger charge is 2.26. The van der Waals surface area contributed by atoms with Gasteiger partial charge in [-0.25, -0.2) is 4.99 Å². The van der Waals surface area contributed by atoms with Crippen molar-refractivity contribution in [1.29, 1.82) is 0 Å². The van der Waals surface area contributed by atoms with E-state index >= 15 is 0 Å². The van der Waals surface area contributed by atoms with Crippen molar-refractivity contribution in [2.45, 2.75) is 26.1 Å². The molecule has 0 fully saturated rings. The third kappa shape index (κ3) is 9.23. The number of halogens is 5. The minimum Gasteiger partial charge on any atom is -0.496 e. The van der Waals surface area contributed by atoms with Crippen LogP contribution in [0.1, 0.15) is 18.9 Å². The molecule has 0 saturated carbocycles. The van der Waals surface area contributed by atoms with Gasteiger partial charge in [0.2, 0.25) is 0 Å². The maximum Gasteiger partial charge on any atom is 0.390 e. The maximum atomic E-state index is 12.1. The molecular formula is C14H20BrF3IN3O. The zero-order valence-electron chi connectivity index (χ0n) is 12.8. The topological polar surface area (TPSA) is 45.7 Å². The Balaban J connectivity index is 0.00000484. The molecule has 0 unspecified atom stereocenters. The second kappa shape index (κ2) is 11.0. The zero-order valence-corrected chi connectivity index (χ0v) is 16.8. The number of guanidine groups is 1. The van der Waals surface area contributed by atoms with Crippen molar-refractivity contribution >= 4 is 45.9 Å². The number of nitrogens with one attached hydrogen (secondary N) is 2. The van der Waals surface area contributed by atoms with Gasteiger partial charge in [-0.2, -0.15) is 13.2 Å². The minimum absolute atomic E-state index is 0. The van der Waals surface area contributed by atoms with Gasteiger partial charge < -0.3 is 15.4 Å². The number of alkyl halides is 3. The van der Waals surface area contributed by atoms with Gasteiger partial charge in [0.25, 0.3) is 0 Å². The first kappa shape index (κ1) is 22.3. The quantitative estimate of drug-likeness (QED) is 0.345. The average molecular weight is 510 g/mol. The van der Waals surface area contributed by atoms with E-state index in [0.29, 0.717) is 24.8 Å². The van der Waals surface area contributed by atoms with Crippen molar-refractivity contribution in [1.82, 2.24) is 10.6 Å². The summed E-state index contributed by atoms with van der Waals surface area (Å²) in [7, 11) is 1.58. The van der Waals surface area contributed by atoms with Gasteiger partial charge in [0, 0.05) is 13.1 Å². The first-order chi connectivity index (χ1) is 10.4. The van der Waals surface area contributed by atoms with E-state index in [1.54, 1.807) is 13.2 Å². The van der Waals surface area contributed by atoms with Crippen molar-refractivity contribution in [3.05, 3.63) is 28.2 Å². The van der Waals surface area contributed by atoms with Gasteiger partial charge in [0.05, 0.1) is 24.5 Å². The lowest BCUT2D eigenvalue weighted by molar-refractivity contribution is -0.132. The first-order valence-corrected chi connectivity index (χ1v) is 7.56. The Kier molecular flexibility index (Phi) is 10.6. The van der Waals surface area contributed by atoms with Crippen molar-refractivity contribution in [3.8, 4) is 5.75 Å². The molecular weight excluding hydrogens is 490 g/mol. The van der Waals surface area contributed by atoms with Gasteiger partial charge in [0.1, 0.15) is 5.75 Å². The molecule has 0 radical (unpaired) electrons. The molecule has 0 spiro atoms. The molecule has 0 aliphatic heterocycles. The predicted molar refractivity (Wildman–Crippen MR) is 99.6 cm³/mol. The fraction of sp³-hybridized carbons (Fsp3) is 0.500. The lowest BCUT2D eigenvalue weighted by atomic mass is 10.2. The van der Waals surface area contributed by atoms with E-state index in [2.05, 4.69) is 31.6 Å². The molecule has 0 aliphatic rings. The molecule has 0 aromatic heterocycles. The number of hydrogen-bond acceptors (Lipinski definition) is 2. The van der Waals surface area contributed by atoms with Gasteiger partial charge in [-0.05, 0) is 40.5 Å². The lowest BCUT2D eigenvalue weighted by Crippen LogP contribution is -2.38. The minimum atomic E-state index is -4.18. The van der Waals surface area contributed by atoms with Crippen LogP contribution in [0.25, 0.3) is 0 Å². The van der Waals surface area contributed by atoms with Crippen LogP contribution >= 0.6 is 39.9 Å². The average Bonchev–Trinajstić information content (AvgIpc) is 2.43. The number of aliphatic imine (C=N–C) groups is 1. The summed E-state index contributed by atoms with van der Waals surface area (Å²) in [6, 6.07) is 5.52. The molecule has 1 aromatic carbocycles. The number of nitrogens with zero attached hydrogens (tertiary/aromatic N) is 1. The molecule has 132 valence electrons. The molecule has 9 heteroatoms. The molecule has 4 nitrogen and oxygen atoms in total. The number of methoxy groups -OCH3 is 1. The SMILES string of the molecule is CCNC(=NCc1ccc(OC)c(Br)c1)NCCC(F)(F)F.I. The summed E-state index contributed by atoms with van der Waals surface area (Å²) in [6.07, 6.45) is -5.07. The van der Waals surface area contributed by atoms with Gasteiger partial charge in [-0.1, -0.05) is 6.07 Å². The van der Waals surface area contributed by atoms with E-state index in [1.807, 2.05) is 19.1 Å². The number of hydrogen-bond donors (Lipinski definition) is 2. The standard InChI is InChI=1S/C14H19BrF3N3O.HI/c1-3-19-13(20-7-6-14(16,17)18)21-9-10-4-5-12(22-2)11(15)8-10;/h4-5,8H,3,6-7,9H2,1-2H3,(H2,19,20,21);1H. The van der Waals surface area contributed by atoms with E-state index in [1.165, 1.54) is 0 Å². The molecule has 0 bridgehead atoms. The zero-order chi connectivity index (χ0) is 16.6. The van der Waals surface area contributed by atoms with Gasteiger partial charge >= 0.3 is 6.18 Å². The largest absolute Gasteiger partial charge is 0.496 e. The normalized spacial score (nSPS) is 11.7. The van der Waals surface area contributed by atoms with Crippen molar-refractivity contribution in [2.24, 2.45) is 4.99 Å². The maximum absolute atomic E-state index is 12.1. The highest BCUT2D eigenvalue weighted by molar-refractivity contribution is 14.0.